The summed E-state index contributed by atoms with van der Waals surface area (Å²) >= 11 is 0. The van der Waals surface area contributed by atoms with E-state index in [1.54, 1.807) is 0 Å². The van der Waals surface area contributed by atoms with Crippen LogP contribution in [0.3, 0.4) is 0 Å². The Labute approximate surface area is 124 Å². The Bertz CT molecular complexity index is 788. The summed E-state index contributed by atoms with van der Waals surface area (Å²) in [4.78, 5) is 39.9. The van der Waals surface area contributed by atoms with E-state index in [9.17, 15) is 19.5 Å². The Kier molecular flexibility index (Phi) is 3.60. The van der Waals surface area contributed by atoms with Gasteiger partial charge in [-0.2, -0.15) is 0 Å². The maximum Gasteiger partial charge on any atom is 0.276 e. The first-order chi connectivity index (χ1) is 10.6. The number of ether oxygens (including phenoxy) is 1. The number of aromatic hydroxyl groups is 1. The minimum atomic E-state index is -0.655. The minimum Gasteiger partial charge on any atom is -0.504 e. The molecule has 0 spiro atoms. The number of anilines is 2. The SMILES string of the molecule is O=C(c1nccc(Nc2cc(=O)c2=O)c1O)N1CCOCC1. The molecule has 0 unspecified atom stereocenters. The summed E-state index contributed by atoms with van der Waals surface area (Å²) in [6, 6.07) is 2.55. The number of amides is 1. The number of hydrogen-bond donors (Lipinski definition) is 2. The van der Waals surface area contributed by atoms with Gasteiger partial charge in [-0.25, -0.2) is 4.98 Å². The van der Waals surface area contributed by atoms with Crippen molar-refractivity contribution in [1.29, 1.82) is 0 Å². The van der Waals surface area contributed by atoms with Gasteiger partial charge in [-0.3, -0.25) is 14.4 Å². The number of nitrogens with zero attached hydrogens (tertiary/aromatic N) is 2. The van der Waals surface area contributed by atoms with E-state index in [0.29, 0.717) is 26.3 Å². The van der Waals surface area contributed by atoms with Gasteiger partial charge in [0.1, 0.15) is 0 Å². The van der Waals surface area contributed by atoms with Crippen molar-refractivity contribution in [3.63, 3.8) is 0 Å². The normalized spacial score (nSPS) is 15.0. The molecule has 0 bridgehead atoms. The standard InChI is InChI=1S/C14H13N3O5/c18-10-7-9(12(10)19)16-8-1-2-15-11(13(8)20)14(21)17-3-5-22-6-4-17/h1-2,7,20H,3-6H2,(H,15,16). The second-order valence-electron chi connectivity index (χ2n) is 4.84. The number of carbonyl (C=O) groups excluding carboxylic acids is 1. The third kappa shape index (κ3) is 2.44. The highest BCUT2D eigenvalue weighted by Crippen LogP contribution is 2.28. The lowest BCUT2D eigenvalue weighted by atomic mass is 10.2. The van der Waals surface area contributed by atoms with Crippen LogP contribution in [0.1, 0.15) is 10.5 Å². The van der Waals surface area contributed by atoms with Gasteiger partial charge >= 0.3 is 0 Å². The van der Waals surface area contributed by atoms with Crippen LogP contribution in [0, 0.1) is 0 Å². The molecule has 0 aliphatic carbocycles. The number of aromatic nitrogens is 1. The highest BCUT2D eigenvalue weighted by atomic mass is 16.5. The van der Waals surface area contributed by atoms with Crippen LogP contribution in [0.15, 0.2) is 27.9 Å². The molecule has 1 aliphatic rings. The molecule has 8 nitrogen and oxygen atoms in total. The highest BCUT2D eigenvalue weighted by Gasteiger charge is 2.24. The van der Waals surface area contributed by atoms with Crippen LogP contribution in [0.4, 0.5) is 11.4 Å². The lowest BCUT2D eigenvalue weighted by Gasteiger charge is -2.26. The fourth-order valence-electron chi connectivity index (χ4n) is 2.18. The van der Waals surface area contributed by atoms with Crippen molar-refractivity contribution in [3.05, 3.63) is 44.5 Å². The minimum absolute atomic E-state index is 0.0799. The zero-order chi connectivity index (χ0) is 15.7. The molecule has 1 amide bonds. The molecule has 1 aliphatic heterocycles. The Balaban J connectivity index is 1.85. The molecule has 22 heavy (non-hydrogen) atoms. The maximum absolute atomic E-state index is 12.3. The molecule has 2 N–H and O–H groups in total. The van der Waals surface area contributed by atoms with Crippen molar-refractivity contribution in [2.45, 2.75) is 0 Å². The van der Waals surface area contributed by atoms with Crippen molar-refractivity contribution in [2.24, 2.45) is 0 Å². The van der Waals surface area contributed by atoms with E-state index in [2.05, 4.69) is 10.3 Å². The Morgan fingerprint density at radius 1 is 1.27 bits per heavy atom. The van der Waals surface area contributed by atoms with Gasteiger partial charge in [0.25, 0.3) is 5.91 Å². The largest absolute Gasteiger partial charge is 0.504 e. The van der Waals surface area contributed by atoms with Crippen LogP contribution in [-0.4, -0.2) is 47.2 Å². The molecule has 0 atom stereocenters. The first-order valence-corrected chi connectivity index (χ1v) is 6.70. The molecule has 1 saturated heterocycles. The van der Waals surface area contributed by atoms with Crippen LogP contribution in [0.2, 0.25) is 0 Å². The smallest absolute Gasteiger partial charge is 0.276 e. The summed E-state index contributed by atoms with van der Waals surface area (Å²) in [5.74, 6) is -0.763. The lowest BCUT2D eigenvalue weighted by molar-refractivity contribution is 0.0297. The van der Waals surface area contributed by atoms with E-state index in [4.69, 9.17) is 4.74 Å². The van der Waals surface area contributed by atoms with Gasteiger partial charge in [0.2, 0.25) is 10.9 Å². The highest BCUT2D eigenvalue weighted by molar-refractivity contribution is 5.97. The number of hydrogen-bond acceptors (Lipinski definition) is 7. The van der Waals surface area contributed by atoms with Crippen molar-refractivity contribution >= 4 is 17.3 Å². The third-order valence-electron chi connectivity index (χ3n) is 3.44. The Morgan fingerprint density at radius 2 is 2.00 bits per heavy atom. The van der Waals surface area contributed by atoms with Gasteiger partial charge < -0.3 is 20.1 Å². The summed E-state index contributed by atoms with van der Waals surface area (Å²) < 4.78 is 5.17. The molecule has 1 aromatic heterocycles. The predicted molar refractivity (Wildman–Crippen MR) is 77.3 cm³/mol. The van der Waals surface area contributed by atoms with Crippen LogP contribution >= 0.6 is 0 Å². The molecule has 8 heteroatoms. The molecule has 0 radical (unpaired) electrons. The molecule has 1 fully saturated rings. The molecule has 2 aromatic rings. The van der Waals surface area contributed by atoms with E-state index >= 15 is 0 Å². The summed E-state index contributed by atoms with van der Waals surface area (Å²) in [7, 11) is 0. The first kappa shape index (κ1) is 14.2. The van der Waals surface area contributed by atoms with E-state index in [1.165, 1.54) is 17.2 Å². The average molecular weight is 303 g/mol. The van der Waals surface area contributed by atoms with Gasteiger partial charge in [0, 0.05) is 25.4 Å². The van der Waals surface area contributed by atoms with E-state index in [0.717, 1.165) is 6.07 Å². The number of rotatable bonds is 3. The molecule has 2 heterocycles. The first-order valence-electron chi connectivity index (χ1n) is 6.70. The summed E-state index contributed by atoms with van der Waals surface area (Å²) in [5, 5.41) is 12.8. The van der Waals surface area contributed by atoms with Gasteiger partial charge in [-0.1, -0.05) is 0 Å². The maximum atomic E-state index is 12.3. The molecule has 1 aromatic carbocycles. The molecular weight excluding hydrogens is 290 g/mol. The quantitative estimate of drug-likeness (QED) is 0.742. The molecule has 3 rings (SSSR count). The molecule has 114 valence electrons. The fraction of sp³-hybridized carbons (Fsp3) is 0.286. The number of morpholine rings is 1. The number of nitrogens with one attached hydrogen (secondary N) is 1. The second-order valence-corrected chi connectivity index (χ2v) is 4.84. The van der Waals surface area contributed by atoms with Gasteiger partial charge in [-0.15, -0.1) is 0 Å². The summed E-state index contributed by atoms with van der Waals surface area (Å²) in [6.45, 7) is 1.73. The lowest BCUT2D eigenvalue weighted by Crippen LogP contribution is -2.41. The van der Waals surface area contributed by atoms with Gasteiger partial charge in [0.05, 0.1) is 24.6 Å². The zero-order valence-corrected chi connectivity index (χ0v) is 11.5. The monoisotopic (exact) mass is 303 g/mol. The Morgan fingerprint density at radius 3 is 2.64 bits per heavy atom. The topological polar surface area (TPSA) is 109 Å². The van der Waals surface area contributed by atoms with E-state index < -0.39 is 16.8 Å². The van der Waals surface area contributed by atoms with Crippen molar-refractivity contribution < 1.29 is 14.6 Å². The van der Waals surface area contributed by atoms with Crippen LogP contribution in [-0.2, 0) is 4.74 Å². The van der Waals surface area contributed by atoms with Crippen LogP contribution < -0.4 is 16.2 Å². The molecule has 0 saturated carbocycles. The van der Waals surface area contributed by atoms with Crippen molar-refractivity contribution in [2.75, 3.05) is 31.6 Å². The molecular formula is C14H13N3O5. The number of carbonyl (C=O) groups is 1. The average Bonchev–Trinajstić information content (AvgIpc) is 2.56. The third-order valence-corrected chi connectivity index (χ3v) is 3.44. The zero-order valence-electron chi connectivity index (χ0n) is 11.5. The second kappa shape index (κ2) is 5.57. The van der Waals surface area contributed by atoms with Gasteiger partial charge in [-0.05, 0) is 6.07 Å². The van der Waals surface area contributed by atoms with Crippen molar-refractivity contribution in [3.8, 4) is 5.75 Å². The Hall–Kier alpha value is -2.74. The van der Waals surface area contributed by atoms with Crippen LogP contribution in [0.5, 0.6) is 5.75 Å². The van der Waals surface area contributed by atoms with Crippen LogP contribution in [0.25, 0.3) is 0 Å². The number of pyridine rings is 1. The van der Waals surface area contributed by atoms with E-state index in [1.807, 2.05) is 0 Å². The predicted octanol–water partition coefficient (Wildman–Crippen LogP) is -0.401. The fourth-order valence-corrected chi connectivity index (χ4v) is 2.18. The summed E-state index contributed by atoms with van der Waals surface area (Å²) in [5.41, 5.74) is -1.13. The summed E-state index contributed by atoms with van der Waals surface area (Å²) in [6.07, 6.45) is 1.35. The van der Waals surface area contributed by atoms with Gasteiger partial charge in [0.15, 0.2) is 11.4 Å². The van der Waals surface area contributed by atoms with E-state index in [-0.39, 0.29) is 22.8 Å². The van der Waals surface area contributed by atoms with Crippen molar-refractivity contribution in [1.82, 2.24) is 9.88 Å².